The zero-order valence-corrected chi connectivity index (χ0v) is 14.3. The normalized spacial score (nSPS) is 21.2. The van der Waals surface area contributed by atoms with Crippen LogP contribution in [-0.2, 0) is 19.4 Å². The highest BCUT2D eigenvalue weighted by Crippen LogP contribution is 2.23. The van der Waals surface area contributed by atoms with Crippen molar-refractivity contribution < 1.29 is 9.52 Å². The largest absolute Gasteiger partial charge is 0.424 e. The Labute approximate surface area is 146 Å². The van der Waals surface area contributed by atoms with Crippen LogP contribution >= 0.6 is 0 Å². The molecule has 6 nitrogen and oxygen atoms in total. The third-order valence-corrected chi connectivity index (χ3v) is 4.78. The topological polar surface area (TPSA) is 75.3 Å². The van der Waals surface area contributed by atoms with Gasteiger partial charge in [0.2, 0.25) is 11.8 Å². The minimum absolute atomic E-state index is 0.169. The highest BCUT2D eigenvalue weighted by molar-refractivity contribution is 5.78. The standard InChI is InChI=1S/C19H22N4O2/c1-2-18-21-22-19(25-18)12-23-10-14(17(24)11-23)9-15-8-7-13-5-3-4-6-16(13)20-15/h3-8,14,17,24H,2,9-12H2,1H3/t14-,17-/m1/s1. The second kappa shape index (κ2) is 6.90. The molecule has 25 heavy (non-hydrogen) atoms. The first kappa shape index (κ1) is 16.2. The summed E-state index contributed by atoms with van der Waals surface area (Å²) in [7, 11) is 0. The Balaban J connectivity index is 1.42. The first-order valence-corrected chi connectivity index (χ1v) is 8.77. The van der Waals surface area contributed by atoms with E-state index in [1.54, 1.807) is 0 Å². The van der Waals surface area contributed by atoms with Gasteiger partial charge in [0.25, 0.3) is 0 Å². The number of hydrogen-bond donors (Lipinski definition) is 1. The fraction of sp³-hybridized carbons (Fsp3) is 0.421. The Kier molecular flexibility index (Phi) is 4.46. The zero-order valence-electron chi connectivity index (χ0n) is 14.3. The van der Waals surface area contributed by atoms with Crippen molar-refractivity contribution in [3.63, 3.8) is 0 Å². The SMILES string of the molecule is CCc1nnc(CN2C[C@@H](Cc3ccc4ccccc4n3)[C@H](O)C2)o1. The second-order valence-electron chi connectivity index (χ2n) is 6.66. The molecule has 1 N–H and O–H groups in total. The van der Waals surface area contributed by atoms with Crippen LogP contribution < -0.4 is 0 Å². The fourth-order valence-electron chi connectivity index (χ4n) is 3.45. The average Bonchev–Trinajstić information content (AvgIpc) is 3.21. The predicted molar refractivity (Wildman–Crippen MR) is 93.9 cm³/mol. The number of fused-ring (bicyclic) bond motifs is 1. The summed E-state index contributed by atoms with van der Waals surface area (Å²) in [5, 5.41) is 19.6. The number of benzene rings is 1. The van der Waals surface area contributed by atoms with Gasteiger partial charge in [-0.3, -0.25) is 9.88 Å². The van der Waals surface area contributed by atoms with E-state index in [0.29, 0.717) is 24.9 Å². The molecule has 1 fully saturated rings. The van der Waals surface area contributed by atoms with E-state index in [4.69, 9.17) is 9.40 Å². The van der Waals surface area contributed by atoms with Gasteiger partial charge in [0.05, 0.1) is 18.2 Å². The van der Waals surface area contributed by atoms with Crippen molar-refractivity contribution in [2.45, 2.75) is 32.4 Å². The average molecular weight is 338 g/mol. The molecule has 3 aromatic rings. The first-order chi connectivity index (χ1) is 12.2. The van der Waals surface area contributed by atoms with E-state index in [1.807, 2.05) is 25.1 Å². The van der Waals surface area contributed by atoms with E-state index >= 15 is 0 Å². The molecule has 1 saturated heterocycles. The van der Waals surface area contributed by atoms with Gasteiger partial charge in [0, 0.05) is 36.5 Å². The molecule has 0 radical (unpaired) electrons. The Morgan fingerprint density at radius 1 is 1.12 bits per heavy atom. The molecule has 0 aliphatic carbocycles. The molecule has 0 unspecified atom stereocenters. The molecule has 4 rings (SSSR count). The van der Waals surface area contributed by atoms with E-state index in [0.717, 1.165) is 36.0 Å². The number of aryl methyl sites for hydroxylation is 1. The van der Waals surface area contributed by atoms with Crippen LogP contribution in [0.2, 0.25) is 0 Å². The Hall–Kier alpha value is -2.31. The van der Waals surface area contributed by atoms with Crippen LogP contribution in [0.5, 0.6) is 0 Å². The Morgan fingerprint density at radius 3 is 2.80 bits per heavy atom. The van der Waals surface area contributed by atoms with Crippen molar-refractivity contribution in [1.29, 1.82) is 0 Å². The van der Waals surface area contributed by atoms with Gasteiger partial charge < -0.3 is 9.52 Å². The highest BCUT2D eigenvalue weighted by atomic mass is 16.4. The number of aliphatic hydroxyl groups excluding tert-OH is 1. The van der Waals surface area contributed by atoms with Gasteiger partial charge in [-0.25, -0.2) is 0 Å². The summed E-state index contributed by atoms with van der Waals surface area (Å²) in [6.45, 7) is 4.01. The lowest BCUT2D eigenvalue weighted by molar-refractivity contribution is 0.139. The molecule has 0 amide bonds. The van der Waals surface area contributed by atoms with Gasteiger partial charge in [-0.1, -0.05) is 31.2 Å². The van der Waals surface area contributed by atoms with Crippen molar-refractivity contribution in [2.75, 3.05) is 13.1 Å². The fourth-order valence-corrected chi connectivity index (χ4v) is 3.45. The summed E-state index contributed by atoms with van der Waals surface area (Å²) in [5.74, 6) is 1.45. The Morgan fingerprint density at radius 2 is 1.96 bits per heavy atom. The number of β-amino-alcohol motifs (C(OH)–C–C–N with tert-alkyl or cyclic N) is 1. The molecule has 0 saturated carbocycles. The van der Waals surface area contributed by atoms with Crippen LogP contribution in [0.25, 0.3) is 10.9 Å². The molecule has 130 valence electrons. The van der Waals surface area contributed by atoms with Crippen LogP contribution in [-0.4, -0.2) is 44.4 Å². The van der Waals surface area contributed by atoms with Gasteiger partial charge in [-0.05, 0) is 18.6 Å². The zero-order chi connectivity index (χ0) is 17.2. The minimum atomic E-state index is -0.359. The number of hydrogen-bond acceptors (Lipinski definition) is 6. The maximum absolute atomic E-state index is 10.4. The van der Waals surface area contributed by atoms with E-state index < -0.39 is 0 Å². The number of aromatic nitrogens is 3. The third-order valence-electron chi connectivity index (χ3n) is 4.78. The summed E-state index contributed by atoms with van der Waals surface area (Å²) in [6, 6.07) is 12.3. The van der Waals surface area contributed by atoms with Crippen LogP contribution in [0, 0.1) is 5.92 Å². The smallest absolute Gasteiger partial charge is 0.230 e. The second-order valence-corrected chi connectivity index (χ2v) is 6.66. The summed E-state index contributed by atoms with van der Waals surface area (Å²) in [6.07, 6.45) is 1.15. The van der Waals surface area contributed by atoms with Crippen LogP contribution in [0.1, 0.15) is 24.4 Å². The molecule has 1 aliphatic rings. The lowest BCUT2D eigenvalue weighted by Crippen LogP contribution is -2.21. The molecular formula is C19H22N4O2. The molecule has 0 bridgehead atoms. The summed E-state index contributed by atoms with van der Waals surface area (Å²) >= 11 is 0. The van der Waals surface area contributed by atoms with Crippen molar-refractivity contribution in [2.24, 2.45) is 5.92 Å². The van der Waals surface area contributed by atoms with Gasteiger partial charge in [-0.15, -0.1) is 10.2 Å². The van der Waals surface area contributed by atoms with Crippen molar-refractivity contribution in [3.8, 4) is 0 Å². The van der Waals surface area contributed by atoms with Crippen LogP contribution in [0.15, 0.2) is 40.8 Å². The summed E-state index contributed by atoms with van der Waals surface area (Å²) in [4.78, 5) is 6.90. The monoisotopic (exact) mass is 338 g/mol. The molecule has 6 heteroatoms. The Bertz CT molecular complexity index is 863. The first-order valence-electron chi connectivity index (χ1n) is 8.77. The maximum atomic E-state index is 10.4. The molecular weight excluding hydrogens is 316 g/mol. The predicted octanol–water partition coefficient (Wildman–Crippen LogP) is 2.22. The highest BCUT2D eigenvalue weighted by Gasteiger charge is 2.32. The molecule has 0 spiro atoms. The van der Waals surface area contributed by atoms with Crippen LogP contribution in [0.4, 0.5) is 0 Å². The number of pyridine rings is 1. The van der Waals surface area contributed by atoms with E-state index in [2.05, 4.69) is 33.3 Å². The van der Waals surface area contributed by atoms with Gasteiger partial charge in [0.1, 0.15) is 0 Å². The lowest BCUT2D eigenvalue weighted by Gasteiger charge is -2.13. The number of para-hydroxylation sites is 1. The van der Waals surface area contributed by atoms with Gasteiger partial charge >= 0.3 is 0 Å². The minimum Gasteiger partial charge on any atom is -0.424 e. The van der Waals surface area contributed by atoms with Crippen molar-refractivity contribution in [3.05, 3.63) is 53.9 Å². The number of likely N-dealkylation sites (tertiary alicyclic amines) is 1. The molecule has 3 heterocycles. The molecule has 1 aliphatic heterocycles. The third kappa shape index (κ3) is 3.55. The molecule has 2 aromatic heterocycles. The van der Waals surface area contributed by atoms with Gasteiger partial charge in [-0.2, -0.15) is 0 Å². The number of aliphatic hydroxyl groups is 1. The van der Waals surface area contributed by atoms with Crippen molar-refractivity contribution in [1.82, 2.24) is 20.1 Å². The molecule has 1 aromatic carbocycles. The summed E-state index contributed by atoms with van der Waals surface area (Å²) in [5.41, 5.74) is 2.03. The quantitative estimate of drug-likeness (QED) is 0.769. The summed E-state index contributed by atoms with van der Waals surface area (Å²) < 4.78 is 5.57. The number of nitrogens with zero attached hydrogens (tertiary/aromatic N) is 4. The number of rotatable bonds is 5. The van der Waals surface area contributed by atoms with E-state index in [9.17, 15) is 5.11 Å². The van der Waals surface area contributed by atoms with E-state index in [-0.39, 0.29) is 12.0 Å². The van der Waals surface area contributed by atoms with E-state index in [1.165, 1.54) is 0 Å². The van der Waals surface area contributed by atoms with Crippen molar-refractivity contribution >= 4 is 10.9 Å². The lowest BCUT2D eigenvalue weighted by atomic mass is 9.99. The van der Waals surface area contributed by atoms with Gasteiger partial charge in [0.15, 0.2) is 0 Å². The maximum Gasteiger partial charge on any atom is 0.230 e. The molecule has 2 atom stereocenters. The van der Waals surface area contributed by atoms with Crippen LogP contribution in [0.3, 0.4) is 0 Å².